The van der Waals surface area contributed by atoms with Gasteiger partial charge in [0.25, 0.3) is 0 Å². The Labute approximate surface area is 178 Å². The monoisotopic (exact) mass is 440 g/mol. The van der Waals surface area contributed by atoms with Crippen LogP contribution in [0.3, 0.4) is 0 Å². The summed E-state index contributed by atoms with van der Waals surface area (Å²) in [6, 6.07) is 4.54. The summed E-state index contributed by atoms with van der Waals surface area (Å²) in [5.74, 6) is -1.34. The molecule has 3 fully saturated rings. The third kappa shape index (κ3) is 4.36. The Balaban J connectivity index is 1.43. The standard InChI is InChI=1S/C21H27F3N4O3/c1-26-13-20(5-6-20)12-16(18(29)25-31)17(26)19(30)28-9-7-27(8-10-28)15-4-2-3-14(11-15)21(22,23)24/h2-4,11,16-17,31H,5-10,12-13H2,1H3,(H,25,29). The number of alkyl halides is 3. The Morgan fingerprint density at radius 2 is 1.84 bits per heavy atom. The number of piperidine rings is 1. The second-order valence-electron chi connectivity index (χ2n) is 9.01. The number of rotatable bonds is 3. The molecule has 1 aromatic carbocycles. The summed E-state index contributed by atoms with van der Waals surface area (Å²) in [4.78, 5) is 31.0. The highest BCUT2D eigenvalue weighted by Gasteiger charge is 2.55. The molecule has 4 rings (SSSR count). The summed E-state index contributed by atoms with van der Waals surface area (Å²) in [6.07, 6.45) is -1.79. The van der Waals surface area contributed by atoms with Gasteiger partial charge in [0.15, 0.2) is 0 Å². The molecule has 2 N–H and O–H groups in total. The number of anilines is 1. The molecule has 10 heteroatoms. The zero-order valence-electron chi connectivity index (χ0n) is 17.4. The fraction of sp³-hybridized carbons (Fsp3) is 0.619. The van der Waals surface area contributed by atoms with Crippen LogP contribution in [0.5, 0.6) is 0 Å². The average Bonchev–Trinajstić information content (AvgIpc) is 3.50. The van der Waals surface area contributed by atoms with E-state index in [-0.39, 0.29) is 11.3 Å². The van der Waals surface area contributed by atoms with Gasteiger partial charge in [-0.3, -0.25) is 19.7 Å². The van der Waals surface area contributed by atoms with Crippen LogP contribution in [-0.2, 0) is 15.8 Å². The van der Waals surface area contributed by atoms with Crippen LogP contribution in [0.25, 0.3) is 0 Å². The van der Waals surface area contributed by atoms with Crippen LogP contribution in [0.15, 0.2) is 24.3 Å². The van der Waals surface area contributed by atoms with Gasteiger partial charge in [-0.15, -0.1) is 0 Å². The maximum atomic E-state index is 13.3. The van der Waals surface area contributed by atoms with Gasteiger partial charge in [0.1, 0.15) is 6.04 Å². The van der Waals surface area contributed by atoms with E-state index in [1.54, 1.807) is 16.4 Å². The summed E-state index contributed by atoms with van der Waals surface area (Å²) >= 11 is 0. The molecule has 1 aromatic rings. The maximum Gasteiger partial charge on any atom is 0.416 e. The second-order valence-corrected chi connectivity index (χ2v) is 9.01. The molecule has 2 saturated heterocycles. The molecule has 3 aliphatic rings. The lowest BCUT2D eigenvalue weighted by Gasteiger charge is -2.45. The van der Waals surface area contributed by atoms with Gasteiger partial charge in [0, 0.05) is 38.4 Å². The number of carbonyl (C=O) groups excluding carboxylic acids is 2. The molecule has 1 spiro atoms. The molecule has 2 amide bonds. The Morgan fingerprint density at radius 3 is 2.42 bits per heavy atom. The third-order valence-corrected chi connectivity index (χ3v) is 6.88. The topological polar surface area (TPSA) is 76.1 Å². The van der Waals surface area contributed by atoms with Gasteiger partial charge in [0.2, 0.25) is 11.8 Å². The molecule has 1 saturated carbocycles. The van der Waals surface area contributed by atoms with Gasteiger partial charge in [-0.2, -0.15) is 13.2 Å². The largest absolute Gasteiger partial charge is 0.416 e. The molecular formula is C21H27F3N4O3. The smallest absolute Gasteiger partial charge is 0.368 e. The summed E-state index contributed by atoms with van der Waals surface area (Å²) in [7, 11) is 1.83. The van der Waals surface area contributed by atoms with Crippen molar-refractivity contribution in [1.82, 2.24) is 15.3 Å². The molecule has 31 heavy (non-hydrogen) atoms. The van der Waals surface area contributed by atoms with Crippen molar-refractivity contribution in [3.05, 3.63) is 29.8 Å². The lowest BCUT2D eigenvalue weighted by atomic mass is 9.80. The first-order valence-electron chi connectivity index (χ1n) is 10.5. The number of carbonyl (C=O) groups is 2. The lowest BCUT2D eigenvalue weighted by molar-refractivity contribution is -0.150. The first kappa shape index (κ1) is 21.9. The number of hydrogen-bond donors (Lipinski definition) is 2. The van der Waals surface area contributed by atoms with Crippen molar-refractivity contribution in [3.8, 4) is 0 Å². The predicted octanol–water partition coefficient (Wildman–Crippen LogP) is 1.96. The molecule has 2 unspecified atom stereocenters. The second kappa shape index (κ2) is 7.98. The van der Waals surface area contributed by atoms with E-state index >= 15 is 0 Å². The van der Waals surface area contributed by atoms with E-state index in [0.717, 1.165) is 31.5 Å². The number of nitrogens with one attached hydrogen (secondary N) is 1. The van der Waals surface area contributed by atoms with E-state index in [9.17, 15) is 28.0 Å². The van der Waals surface area contributed by atoms with E-state index in [1.807, 2.05) is 16.8 Å². The van der Waals surface area contributed by atoms with Gasteiger partial charge < -0.3 is 9.80 Å². The number of likely N-dealkylation sites (tertiary alicyclic amines) is 1. The van der Waals surface area contributed by atoms with E-state index < -0.39 is 29.6 Å². The SMILES string of the molecule is CN1CC2(CC2)CC(C(=O)NO)C1C(=O)N1CCN(c2cccc(C(F)(F)F)c2)CC1. The summed E-state index contributed by atoms with van der Waals surface area (Å²) in [5, 5.41) is 9.18. The molecule has 0 bridgehead atoms. The fourth-order valence-electron chi connectivity index (χ4n) is 5.05. The first-order chi connectivity index (χ1) is 14.6. The van der Waals surface area contributed by atoms with Gasteiger partial charge in [-0.25, -0.2) is 5.48 Å². The van der Waals surface area contributed by atoms with Crippen molar-refractivity contribution in [1.29, 1.82) is 0 Å². The number of nitrogens with zero attached hydrogens (tertiary/aromatic N) is 3. The quantitative estimate of drug-likeness (QED) is 0.555. The van der Waals surface area contributed by atoms with Crippen molar-refractivity contribution in [2.24, 2.45) is 11.3 Å². The molecule has 2 aliphatic heterocycles. The molecule has 0 aromatic heterocycles. The molecule has 2 heterocycles. The Bertz CT molecular complexity index is 851. The number of hydrogen-bond acceptors (Lipinski definition) is 5. The Kier molecular flexibility index (Phi) is 5.63. The number of amides is 2. The molecule has 2 atom stereocenters. The van der Waals surface area contributed by atoms with Gasteiger partial charge in [0.05, 0.1) is 11.5 Å². The van der Waals surface area contributed by atoms with E-state index in [4.69, 9.17) is 0 Å². The average molecular weight is 440 g/mol. The highest BCUT2D eigenvalue weighted by molar-refractivity contribution is 5.90. The normalized spacial score (nSPS) is 26.1. The highest BCUT2D eigenvalue weighted by atomic mass is 19.4. The summed E-state index contributed by atoms with van der Waals surface area (Å²) in [5.41, 5.74) is 1.56. The summed E-state index contributed by atoms with van der Waals surface area (Å²) < 4.78 is 39.0. The molecular weight excluding hydrogens is 413 g/mol. The highest BCUT2D eigenvalue weighted by Crippen LogP contribution is 2.54. The van der Waals surface area contributed by atoms with Crippen LogP contribution in [0.4, 0.5) is 18.9 Å². The van der Waals surface area contributed by atoms with Crippen molar-refractivity contribution >= 4 is 17.5 Å². The number of likely N-dealkylation sites (N-methyl/N-ethyl adjacent to an activating group) is 1. The first-order valence-corrected chi connectivity index (χ1v) is 10.5. The molecule has 7 nitrogen and oxygen atoms in total. The van der Waals surface area contributed by atoms with E-state index in [1.165, 1.54) is 6.07 Å². The van der Waals surface area contributed by atoms with Gasteiger partial charge >= 0.3 is 6.18 Å². The molecule has 170 valence electrons. The van der Waals surface area contributed by atoms with Crippen molar-refractivity contribution in [2.75, 3.05) is 44.7 Å². The van der Waals surface area contributed by atoms with E-state index in [0.29, 0.717) is 38.3 Å². The molecule has 1 aliphatic carbocycles. The number of benzene rings is 1. The van der Waals surface area contributed by atoms with Crippen LogP contribution in [0.1, 0.15) is 24.8 Å². The fourth-order valence-corrected chi connectivity index (χ4v) is 5.05. The zero-order valence-corrected chi connectivity index (χ0v) is 17.4. The van der Waals surface area contributed by atoms with E-state index in [2.05, 4.69) is 0 Å². The third-order valence-electron chi connectivity index (χ3n) is 6.88. The van der Waals surface area contributed by atoms with Crippen LogP contribution in [-0.4, -0.2) is 72.6 Å². The zero-order chi connectivity index (χ0) is 22.4. The van der Waals surface area contributed by atoms with Gasteiger partial charge in [-0.1, -0.05) is 6.07 Å². The van der Waals surface area contributed by atoms with Crippen molar-refractivity contribution in [2.45, 2.75) is 31.5 Å². The Morgan fingerprint density at radius 1 is 1.16 bits per heavy atom. The van der Waals surface area contributed by atoms with Crippen molar-refractivity contribution in [3.63, 3.8) is 0 Å². The maximum absolute atomic E-state index is 13.3. The predicted molar refractivity (Wildman–Crippen MR) is 106 cm³/mol. The Hall–Kier alpha value is -2.33. The van der Waals surface area contributed by atoms with Crippen LogP contribution in [0.2, 0.25) is 0 Å². The van der Waals surface area contributed by atoms with Crippen LogP contribution < -0.4 is 10.4 Å². The lowest BCUT2D eigenvalue weighted by Crippen LogP contribution is -2.61. The van der Waals surface area contributed by atoms with Crippen molar-refractivity contribution < 1.29 is 28.0 Å². The number of piperazine rings is 1. The molecule has 0 radical (unpaired) electrons. The minimum absolute atomic E-state index is 0.0604. The summed E-state index contributed by atoms with van der Waals surface area (Å²) in [6.45, 7) is 2.27. The number of hydroxylamine groups is 1. The minimum Gasteiger partial charge on any atom is -0.368 e. The van der Waals surface area contributed by atoms with Crippen LogP contribution in [0, 0.1) is 11.3 Å². The van der Waals surface area contributed by atoms with Gasteiger partial charge in [-0.05, 0) is 49.9 Å². The van der Waals surface area contributed by atoms with Crippen LogP contribution >= 0.6 is 0 Å². The minimum atomic E-state index is -4.40. The number of halogens is 3.